The summed E-state index contributed by atoms with van der Waals surface area (Å²) in [7, 11) is 3.44. The molecule has 4 nitrogen and oxygen atoms in total. The summed E-state index contributed by atoms with van der Waals surface area (Å²) < 4.78 is 5.61. The van der Waals surface area contributed by atoms with Crippen molar-refractivity contribution in [3.63, 3.8) is 0 Å². The number of carbonyl (C=O) groups is 1. The Kier molecular flexibility index (Phi) is 2.81. The van der Waals surface area contributed by atoms with Crippen molar-refractivity contribution in [3.8, 4) is 5.75 Å². The van der Waals surface area contributed by atoms with Crippen LogP contribution in [0.2, 0.25) is 0 Å². The van der Waals surface area contributed by atoms with E-state index >= 15 is 0 Å². The topological polar surface area (TPSA) is 42.4 Å². The van der Waals surface area contributed by atoms with E-state index in [1.54, 1.807) is 20.3 Å². The maximum atomic E-state index is 11.7. The van der Waals surface area contributed by atoms with Crippen molar-refractivity contribution in [2.45, 2.75) is 25.9 Å². The van der Waals surface area contributed by atoms with E-state index in [-0.39, 0.29) is 5.91 Å². The van der Waals surface area contributed by atoms with E-state index in [2.05, 4.69) is 4.98 Å². The second-order valence-electron chi connectivity index (χ2n) is 4.35. The lowest BCUT2D eigenvalue weighted by atomic mass is 10.2. The third-order valence-corrected chi connectivity index (χ3v) is 2.49. The fourth-order valence-electron chi connectivity index (χ4n) is 1.43. The largest absolute Gasteiger partial charge is 0.489 e. The van der Waals surface area contributed by atoms with Gasteiger partial charge in [0.15, 0.2) is 0 Å². The molecule has 0 atom stereocenters. The molecule has 1 aliphatic rings. The summed E-state index contributed by atoms with van der Waals surface area (Å²) in [5.41, 5.74) is 1.35. The quantitative estimate of drug-likeness (QED) is 0.777. The zero-order valence-corrected chi connectivity index (χ0v) is 9.86. The zero-order chi connectivity index (χ0) is 11.7. The molecule has 1 amide bonds. The number of amides is 1. The van der Waals surface area contributed by atoms with Gasteiger partial charge in [-0.3, -0.25) is 4.79 Å². The minimum atomic E-state index is -0.0736. The van der Waals surface area contributed by atoms with E-state index in [0.717, 1.165) is 24.2 Å². The Morgan fingerprint density at radius 2 is 2.19 bits per heavy atom. The first-order chi connectivity index (χ1) is 7.58. The number of nitrogens with zero attached hydrogens (tertiary/aromatic N) is 2. The van der Waals surface area contributed by atoms with E-state index < -0.39 is 0 Å². The maximum Gasteiger partial charge on any atom is 0.272 e. The molecular formula is C12H16N2O2. The Balaban J connectivity index is 2.18. The molecule has 0 unspecified atom stereocenters. The molecule has 1 fully saturated rings. The zero-order valence-electron chi connectivity index (χ0n) is 9.86. The summed E-state index contributed by atoms with van der Waals surface area (Å²) >= 11 is 0. The van der Waals surface area contributed by atoms with E-state index in [0.29, 0.717) is 11.8 Å². The van der Waals surface area contributed by atoms with E-state index in [4.69, 9.17) is 4.74 Å². The van der Waals surface area contributed by atoms with Crippen LogP contribution in [-0.4, -0.2) is 36.0 Å². The molecule has 0 radical (unpaired) electrons. The van der Waals surface area contributed by atoms with Gasteiger partial charge >= 0.3 is 0 Å². The molecule has 1 heterocycles. The summed E-state index contributed by atoms with van der Waals surface area (Å²) in [5, 5.41) is 0. The Hall–Kier alpha value is -1.58. The van der Waals surface area contributed by atoms with Gasteiger partial charge < -0.3 is 9.64 Å². The molecule has 0 spiro atoms. The minimum Gasteiger partial charge on any atom is -0.489 e. The van der Waals surface area contributed by atoms with Crippen LogP contribution < -0.4 is 4.74 Å². The van der Waals surface area contributed by atoms with Crippen LogP contribution in [0, 0.1) is 6.92 Å². The van der Waals surface area contributed by atoms with Crippen LogP contribution in [0.3, 0.4) is 0 Å². The van der Waals surface area contributed by atoms with Crippen molar-refractivity contribution < 1.29 is 9.53 Å². The second kappa shape index (κ2) is 4.12. The molecule has 16 heavy (non-hydrogen) atoms. The van der Waals surface area contributed by atoms with Gasteiger partial charge in [-0.1, -0.05) is 0 Å². The number of carbonyl (C=O) groups excluding carboxylic acids is 1. The molecule has 1 saturated carbocycles. The molecule has 1 aliphatic carbocycles. The first kappa shape index (κ1) is 10.9. The van der Waals surface area contributed by atoms with Crippen LogP contribution in [0.4, 0.5) is 0 Å². The molecule has 1 aromatic rings. The normalized spacial score (nSPS) is 14.7. The predicted octanol–water partition coefficient (Wildman–Crippen LogP) is 1.63. The molecule has 1 aromatic heterocycles. The standard InChI is InChI=1S/C12H16N2O2/c1-8-6-10(16-9-4-5-9)7-13-11(8)12(15)14(2)3/h6-7,9H,4-5H2,1-3H3. The van der Waals surface area contributed by atoms with Crippen molar-refractivity contribution in [1.29, 1.82) is 0 Å². The van der Waals surface area contributed by atoms with Crippen molar-refractivity contribution in [3.05, 3.63) is 23.5 Å². The van der Waals surface area contributed by atoms with Crippen LogP contribution in [0.15, 0.2) is 12.3 Å². The fourth-order valence-corrected chi connectivity index (χ4v) is 1.43. The summed E-state index contributed by atoms with van der Waals surface area (Å²) in [6.45, 7) is 1.88. The molecule has 0 aromatic carbocycles. The second-order valence-corrected chi connectivity index (χ2v) is 4.35. The van der Waals surface area contributed by atoms with E-state index in [9.17, 15) is 4.79 Å². The molecule has 2 rings (SSSR count). The smallest absolute Gasteiger partial charge is 0.272 e. The van der Waals surface area contributed by atoms with E-state index in [1.807, 2.05) is 13.0 Å². The van der Waals surface area contributed by atoms with Gasteiger partial charge in [0.1, 0.15) is 11.4 Å². The lowest BCUT2D eigenvalue weighted by molar-refractivity contribution is 0.0821. The number of aromatic nitrogens is 1. The van der Waals surface area contributed by atoms with Crippen LogP contribution in [0.25, 0.3) is 0 Å². The van der Waals surface area contributed by atoms with Crippen molar-refractivity contribution in [1.82, 2.24) is 9.88 Å². The Bertz CT molecular complexity index is 411. The first-order valence-electron chi connectivity index (χ1n) is 5.43. The summed E-state index contributed by atoms with van der Waals surface area (Å²) in [6.07, 6.45) is 4.23. The fraction of sp³-hybridized carbons (Fsp3) is 0.500. The molecule has 0 aliphatic heterocycles. The molecule has 86 valence electrons. The van der Waals surface area contributed by atoms with Gasteiger partial charge in [-0.2, -0.15) is 0 Å². The number of pyridine rings is 1. The summed E-state index contributed by atoms with van der Waals surface area (Å²) in [5.74, 6) is 0.686. The summed E-state index contributed by atoms with van der Waals surface area (Å²) in [4.78, 5) is 17.4. The van der Waals surface area contributed by atoms with Gasteiger partial charge in [-0.15, -0.1) is 0 Å². The Morgan fingerprint density at radius 1 is 1.50 bits per heavy atom. The highest BCUT2D eigenvalue weighted by Gasteiger charge is 2.24. The third-order valence-electron chi connectivity index (χ3n) is 2.49. The van der Waals surface area contributed by atoms with Crippen LogP contribution >= 0.6 is 0 Å². The lowest BCUT2D eigenvalue weighted by Gasteiger charge is -2.12. The maximum absolute atomic E-state index is 11.7. The number of aryl methyl sites for hydroxylation is 1. The SMILES string of the molecule is Cc1cc(OC2CC2)cnc1C(=O)N(C)C. The molecule has 0 saturated heterocycles. The van der Waals surface area contributed by atoms with Crippen molar-refractivity contribution in [2.75, 3.05) is 14.1 Å². The predicted molar refractivity (Wildman–Crippen MR) is 60.6 cm³/mol. The van der Waals surface area contributed by atoms with Gasteiger partial charge in [0.05, 0.1) is 12.3 Å². The van der Waals surface area contributed by atoms with Gasteiger partial charge in [-0.05, 0) is 31.4 Å². The minimum absolute atomic E-state index is 0.0736. The molecular weight excluding hydrogens is 204 g/mol. The third kappa shape index (κ3) is 2.32. The number of ether oxygens (including phenoxy) is 1. The van der Waals surface area contributed by atoms with Crippen LogP contribution in [0.1, 0.15) is 28.9 Å². The summed E-state index contributed by atoms with van der Waals surface area (Å²) in [6, 6.07) is 1.88. The van der Waals surface area contributed by atoms with Crippen molar-refractivity contribution in [2.24, 2.45) is 0 Å². The average Bonchev–Trinajstić information content (AvgIpc) is 3.01. The number of hydrogen-bond donors (Lipinski definition) is 0. The highest BCUT2D eigenvalue weighted by Crippen LogP contribution is 2.27. The number of hydrogen-bond acceptors (Lipinski definition) is 3. The molecule has 0 N–H and O–H groups in total. The Morgan fingerprint density at radius 3 is 2.69 bits per heavy atom. The van der Waals surface area contributed by atoms with Gasteiger partial charge in [0, 0.05) is 14.1 Å². The van der Waals surface area contributed by atoms with Crippen LogP contribution in [-0.2, 0) is 0 Å². The van der Waals surface area contributed by atoms with Gasteiger partial charge in [-0.25, -0.2) is 4.98 Å². The highest BCUT2D eigenvalue weighted by molar-refractivity contribution is 5.93. The molecule has 4 heteroatoms. The van der Waals surface area contributed by atoms with Gasteiger partial charge in [0.25, 0.3) is 5.91 Å². The molecule has 0 bridgehead atoms. The van der Waals surface area contributed by atoms with Crippen molar-refractivity contribution >= 4 is 5.91 Å². The highest BCUT2D eigenvalue weighted by atomic mass is 16.5. The first-order valence-corrected chi connectivity index (χ1v) is 5.43. The lowest BCUT2D eigenvalue weighted by Crippen LogP contribution is -2.23. The average molecular weight is 220 g/mol. The monoisotopic (exact) mass is 220 g/mol. The Labute approximate surface area is 95.2 Å². The van der Waals surface area contributed by atoms with Crippen LogP contribution in [0.5, 0.6) is 5.75 Å². The van der Waals surface area contributed by atoms with Gasteiger partial charge in [0.2, 0.25) is 0 Å². The van der Waals surface area contributed by atoms with E-state index in [1.165, 1.54) is 4.90 Å². The number of rotatable bonds is 3.